The molecule has 0 aliphatic carbocycles. The van der Waals surface area contributed by atoms with Crippen LogP contribution < -0.4 is 10.6 Å². The van der Waals surface area contributed by atoms with Gasteiger partial charge in [-0.15, -0.1) is 0 Å². The van der Waals surface area contributed by atoms with Gasteiger partial charge >= 0.3 is 5.97 Å². The van der Waals surface area contributed by atoms with Gasteiger partial charge in [-0.2, -0.15) is 0 Å². The number of aliphatic carboxylic acids is 1. The number of allylic oxidation sites excluding steroid dienone is 3. The number of nitrogens with one attached hydrogen (secondary N) is 2. The Kier molecular flexibility index (Phi) is 16.5. The Morgan fingerprint density at radius 2 is 1.81 bits per heavy atom. The van der Waals surface area contributed by atoms with Crippen LogP contribution >= 0.6 is 0 Å². The van der Waals surface area contributed by atoms with Crippen LogP contribution in [-0.2, 0) is 33.4 Å². The number of hydrogen-bond donors (Lipinski definition) is 3. The molecule has 7 unspecified atom stereocenters. The lowest BCUT2D eigenvalue weighted by atomic mass is 9.90. The molecule has 0 aromatic carbocycles. The molecule has 242 valence electrons. The van der Waals surface area contributed by atoms with E-state index in [0.717, 1.165) is 6.42 Å². The molecule has 0 aromatic heterocycles. The summed E-state index contributed by atoms with van der Waals surface area (Å²) in [7, 11) is 4.61. The first-order valence-electron chi connectivity index (χ1n) is 14.7. The van der Waals surface area contributed by atoms with Crippen LogP contribution in [0.15, 0.2) is 37.0 Å². The molecule has 1 fully saturated rings. The standard InChI is InChI=1S/C31H50N4O8/c1-9-13-22(11-3)16-23(31(40)41)33-30(39)21(5)29(43-8)24-14-12-15-35(24)26(37)17-25(42-7)28(20(4)10-2)34(6)27(38)18-32-19-36/h9,11,13,19-21,23-25,28-29H,1,3,10,12,14-18H2,2,4-8H3,(H,32,36)(H,33,39)(H,40,41)/b22-13+. The van der Waals surface area contributed by atoms with Crippen molar-refractivity contribution < 1.29 is 38.6 Å². The van der Waals surface area contributed by atoms with Crippen molar-refractivity contribution in [2.75, 3.05) is 34.4 Å². The molecule has 0 aromatic rings. The third kappa shape index (κ3) is 10.6. The summed E-state index contributed by atoms with van der Waals surface area (Å²) < 4.78 is 11.5. The fourth-order valence-corrected chi connectivity index (χ4v) is 5.69. The van der Waals surface area contributed by atoms with Gasteiger partial charge in [0.15, 0.2) is 0 Å². The summed E-state index contributed by atoms with van der Waals surface area (Å²) in [5, 5.41) is 14.7. The molecule has 3 N–H and O–H groups in total. The number of methoxy groups -OCH3 is 2. The number of ether oxygens (including phenoxy) is 2. The number of nitrogens with zero attached hydrogens (tertiary/aromatic N) is 2. The molecule has 12 nitrogen and oxygen atoms in total. The molecule has 0 bridgehead atoms. The van der Waals surface area contributed by atoms with Gasteiger partial charge in [0.2, 0.25) is 24.1 Å². The van der Waals surface area contributed by atoms with Gasteiger partial charge in [-0.25, -0.2) is 4.79 Å². The van der Waals surface area contributed by atoms with Crippen molar-refractivity contribution in [1.29, 1.82) is 0 Å². The summed E-state index contributed by atoms with van der Waals surface area (Å²) >= 11 is 0. The van der Waals surface area contributed by atoms with E-state index in [0.29, 0.717) is 31.4 Å². The highest BCUT2D eigenvalue weighted by atomic mass is 16.5. The predicted molar refractivity (Wildman–Crippen MR) is 163 cm³/mol. The number of carbonyl (C=O) groups excluding carboxylic acids is 4. The Balaban J connectivity index is 3.12. The number of carbonyl (C=O) groups is 5. The minimum Gasteiger partial charge on any atom is -0.480 e. The van der Waals surface area contributed by atoms with E-state index in [-0.39, 0.29) is 37.1 Å². The summed E-state index contributed by atoms with van der Waals surface area (Å²) in [6, 6.07) is -2.02. The van der Waals surface area contributed by atoms with Crippen LogP contribution in [0.4, 0.5) is 0 Å². The first kappa shape index (κ1) is 37.5. The van der Waals surface area contributed by atoms with E-state index < -0.39 is 48.1 Å². The van der Waals surface area contributed by atoms with Crippen LogP contribution in [0.25, 0.3) is 0 Å². The van der Waals surface area contributed by atoms with Crippen molar-refractivity contribution in [2.24, 2.45) is 11.8 Å². The maximum atomic E-state index is 13.7. The molecule has 0 radical (unpaired) electrons. The first-order valence-corrected chi connectivity index (χ1v) is 14.7. The largest absolute Gasteiger partial charge is 0.480 e. The lowest BCUT2D eigenvalue weighted by Gasteiger charge is -2.39. The number of rotatable bonds is 20. The normalized spacial score (nSPS) is 19.3. The molecular weight excluding hydrogens is 556 g/mol. The van der Waals surface area contributed by atoms with E-state index in [1.54, 1.807) is 24.9 Å². The third-order valence-corrected chi connectivity index (χ3v) is 8.29. The molecule has 1 aliphatic heterocycles. The van der Waals surface area contributed by atoms with Crippen molar-refractivity contribution >= 4 is 30.1 Å². The highest BCUT2D eigenvalue weighted by Crippen LogP contribution is 2.29. The van der Waals surface area contributed by atoms with Crippen LogP contribution in [-0.4, -0.2) is 110 Å². The van der Waals surface area contributed by atoms with Gasteiger partial charge in [0.25, 0.3) is 0 Å². The molecule has 1 heterocycles. The van der Waals surface area contributed by atoms with Gasteiger partial charge in [-0.3, -0.25) is 19.2 Å². The summed E-state index contributed by atoms with van der Waals surface area (Å²) in [5.74, 6) is -2.95. The number of carboxylic acid groups (broad SMARTS) is 1. The zero-order chi connectivity index (χ0) is 32.7. The Bertz CT molecular complexity index is 1020. The minimum absolute atomic E-state index is 0.00119. The van der Waals surface area contributed by atoms with Crippen LogP contribution in [0, 0.1) is 11.8 Å². The van der Waals surface area contributed by atoms with Crippen LogP contribution in [0.3, 0.4) is 0 Å². The highest BCUT2D eigenvalue weighted by Gasteiger charge is 2.42. The molecule has 43 heavy (non-hydrogen) atoms. The summed E-state index contributed by atoms with van der Waals surface area (Å²) in [5.41, 5.74) is 0.613. The summed E-state index contributed by atoms with van der Waals surface area (Å²) in [4.78, 5) is 65.5. The number of likely N-dealkylation sites (N-methyl/N-ethyl adjacent to an activating group) is 1. The van der Waals surface area contributed by atoms with Crippen molar-refractivity contribution in [3.05, 3.63) is 37.0 Å². The van der Waals surface area contributed by atoms with Gasteiger partial charge in [0.1, 0.15) is 6.04 Å². The first-order chi connectivity index (χ1) is 20.4. The number of likely N-dealkylation sites (tertiary alicyclic amines) is 1. The smallest absolute Gasteiger partial charge is 0.326 e. The van der Waals surface area contributed by atoms with E-state index in [9.17, 15) is 29.1 Å². The van der Waals surface area contributed by atoms with Gasteiger partial charge in [-0.05, 0) is 24.3 Å². The van der Waals surface area contributed by atoms with Crippen LogP contribution in [0.1, 0.15) is 52.9 Å². The van der Waals surface area contributed by atoms with E-state index in [2.05, 4.69) is 23.8 Å². The minimum atomic E-state index is -1.18. The molecular formula is C31H50N4O8. The molecule has 4 amide bonds. The lowest BCUT2D eigenvalue weighted by Crippen LogP contribution is -2.54. The van der Waals surface area contributed by atoms with Crippen LogP contribution in [0.5, 0.6) is 0 Å². The molecule has 7 atom stereocenters. The fraction of sp³-hybridized carbons (Fsp3) is 0.645. The molecule has 0 spiro atoms. The average molecular weight is 607 g/mol. The van der Waals surface area contributed by atoms with Crippen LogP contribution in [0.2, 0.25) is 0 Å². The second-order valence-electron chi connectivity index (χ2n) is 10.9. The van der Waals surface area contributed by atoms with E-state index in [1.165, 1.54) is 31.3 Å². The second kappa shape index (κ2) is 18.9. The van der Waals surface area contributed by atoms with Crippen molar-refractivity contribution in [3.8, 4) is 0 Å². The molecule has 12 heteroatoms. The van der Waals surface area contributed by atoms with Crippen molar-refractivity contribution in [1.82, 2.24) is 20.4 Å². The maximum Gasteiger partial charge on any atom is 0.326 e. The van der Waals surface area contributed by atoms with Gasteiger partial charge < -0.3 is 35.0 Å². The Hall–Kier alpha value is -3.51. The second-order valence-corrected chi connectivity index (χ2v) is 10.9. The molecule has 1 rings (SSSR count). The monoisotopic (exact) mass is 606 g/mol. The van der Waals surface area contributed by atoms with E-state index in [4.69, 9.17) is 9.47 Å². The fourth-order valence-electron chi connectivity index (χ4n) is 5.69. The Morgan fingerprint density at radius 1 is 1.14 bits per heavy atom. The average Bonchev–Trinajstić information content (AvgIpc) is 3.48. The lowest BCUT2D eigenvalue weighted by molar-refractivity contribution is -0.146. The Labute approximate surface area is 255 Å². The molecule has 1 aliphatic rings. The zero-order valence-electron chi connectivity index (χ0n) is 26.4. The summed E-state index contributed by atoms with van der Waals surface area (Å²) in [6.45, 7) is 13.2. The van der Waals surface area contributed by atoms with Gasteiger partial charge in [0, 0.05) is 34.2 Å². The van der Waals surface area contributed by atoms with Crippen molar-refractivity contribution in [3.63, 3.8) is 0 Å². The van der Waals surface area contributed by atoms with Gasteiger partial charge in [-0.1, -0.05) is 58.6 Å². The number of hydrogen-bond acceptors (Lipinski definition) is 7. The van der Waals surface area contributed by atoms with E-state index >= 15 is 0 Å². The molecule has 1 saturated heterocycles. The highest BCUT2D eigenvalue weighted by molar-refractivity contribution is 5.86. The third-order valence-electron chi connectivity index (χ3n) is 8.29. The maximum absolute atomic E-state index is 13.7. The van der Waals surface area contributed by atoms with E-state index in [1.807, 2.05) is 13.8 Å². The van der Waals surface area contributed by atoms with Gasteiger partial charge in [0.05, 0.1) is 43.2 Å². The zero-order valence-corrected chi connectivity index (χ0v) is 26.4. The predicted octanol–water partition coefficient (Wildman–Crippen LogP) is 1.91. The number of carboxylic acids is 1. The quantitative estimate of drug-likeness (QED) is 0.140. The Morgan fingerprint density at radius 3 is 2.33 bits per heavy atom. The summed E-state index contributed by atoms with van der Waals surface area (Å²) in [6.07, 6.45) is 5.91. The SMILES string of the molecule is C=C/C=C(\C=C)CC(NC(=O)C(C)C(OC)C1CCCN1C(=O)CC(OC)C(C(C)CC)N(C)C(=O)CNC=O)C(=O)O. The van der Waals surface area contributed by atoms with Crippen molar-refractivity contribution in [2.45, 2.75) is 83.2 Å². The number of amides is 4. The topological polar surface area (TPSA) is 155 Å². The molecule has 0 saturated carbocycles.